The summed E-state index contributed by atoms with van der Waals surface area (Å²) in [5, 5.41) is 8.77. The Hall–Kier alpha value is -4.02. The summed E-state index contributed by atoms with van der Waals surface area (Å²) in [5.41, 5.74) is 14.1. The van der Waals surface area contributed by atoms with Gasteiger partial charge in [0.15, 0.2) is 0 Å². The van der Waals surface area contributed by atoms with E-state index in [1.54, 1.807) is 32.3 Å². The van der Waals surface area contributed by atoms with Gasteiger partial charge in [0.25, 0.3) is 0 Å². The first-order valence-electron chi connectivity index (χ1n) is 24.5. The fourth-order valence-corrected chi connectivity index (χ4v) is 10.3. The van der Waals surface area contributed by atoms with Crippen LogP contribution >= 0.6 is 0 Å². The van der Waals surface area contributed by atoms with Gasteiger partial charge in [0.2, 0.25) is 17.7 Å². The summed E-state index contributed by atoms with van der Waals surface area (Å²) in [7, 11) is 2.74. The highest BCUT2D eigenvalue weighted by molar-refractivity contribution is 6.46. The molecule has 15 heteroatoms. The maximum absolute atomic E-state index is 14.0. The number of nitrogens with two attached hydrogens (primary N) is 2. The zero-order chi connectivity index (χ0) is 47.0. The largest absolute Gasteiger partial charge is 0.492 e. The number of nitrogens with zero attached hydrogens (tertiary/aromatic N) is 1. The molecule has 3 saturated carbocycles. The van der Waals surface area contributed by atoms with Gasteiger partial charge in [-0.1, -0.05) is 97.1 Å². The second-order valence-corrected chi connectivity index (χ2v) is 19.2. The summed E-state index contributed by atoms with van der Waals surface area (Å²) in [4.78, 5) is 54.8. The molecule has 1 aliphatic heterocycles. The number of carbonyl (C=O) groups excluding carboxylic acids is 4. The van der Waals surface area contributed by atoms with E-state index in [-0.39, 0.29) is 75.0 Å². The SMILES string of the molecule is CCCCCCCCCCCCCC(=O)N(C)C(C=O)c1ccc(OCCN)c(-c2cc(CC(NC(=O)CNC)C(=O)NCB3OC4C[C@@H]5CC(C5(C)C)[C@]4(C)O3)ccc2OCCN)c1. The Bertz CT molecular complexity index is 1870. The van der Waals surface area contributed by atoms with Crippen molar-refractivity contribution in [2.75, 3.05) is 53.4 Å². The number of aldehydes is 1. The van der Waals surface area contributed by atoms with Crippen LogP contribution in [0.4, 0.5) is 0 Å². The monoisotopic (exact) mass is 903 g/mol. The number of amides is 3. The molecule has 65 heavy (non-hydrogen) atoms. The molecule has 6 rings (SSSR count). The van der Waals surface area contributed by atoms with Crippen LogP contribution in [-0.4, -0.2) is 107 Å². The number of nitrogens with one attached hydrogen (secondary N) is 3. The molecule has 14 nitrogen and oxygen atoms in total. The van der Waals surface area contributed by atoms with Gasteiger partial charge in [0, 0.05) is 44.1 Å². The van der Waals surface area contributed by atoms with Crippen LogP contribution in [0.3, 0.4) is 0 Å². The van der Waals surface area contributed by atoms with Crippen molar-refractivity contribution in [2.45, 2.75) is 148 Å². The van der Waals surface area contributed by atoms with Crippen molar-refractivity contribution < 1.29 is 38.0 Å². The van der Waals surface area contributed by atoms with E-state index in [1.165, 1.54) is 56.3 Å². The highest BCUT2D eigenvalue weighted by atomic mass is 16.7. The van der Waals surface area contributed by atoms with Gasteiger partial charge in [0.1, 0.15) is 43.1 Å². The molecule has 360 valence electrons. The average Bonchev–Trinajstić information content (AvgIpc) is 3.65. The molecule has 3 amide bonds. The van der Waals surface area contributed by atoms with Crippen molar-refractivity contribution >= 4 is 31.1 Å². The van der Waals surface area contributed by atoms with E-state index in [9.17, 15) is 19.2 Å². The molecule has 4 unspecified atom stereocenters. The van der Waals surface area contributed by atoms with Crippen molar-refractivity contribution in [1.82, 2.24) is 20.9 Å². The molecule has 0 aromatic heterocycles. The van der Waals surface area contributed by atoms with Crippen molar-refractivity contribution in [1.29, 1.82) is 0 Å². The van der Waals surface area contributed by atoms with Gasteiger partial charge < -0.3 is 55.9 Å². The van der Waals surface area contributed by atoms with E-state index < -0.39 is 24.8 Å². The number of ether oxygens (including phenoxy) is 2. The lowest BCUT2D eigenvalue weighted by Gasteiger charge is -2.64. The lowest BCUT2D eigenvalue weighted by atomic mass is 9.43. The highest BCUT2D eigenvalue weighted by Crippen LogP contribution is 2.65. The van der Waals surface area contributed by atoms with E-state index in [1.807, 2.05) is 18.2 Å². The lowest BCUT2D eigenvalue weighted by molar-refractivity contribution is -0.199. The first-order chi connectivity index (χ1) is 31.3. The first kappa shape index (κ1) is 52.0. The molecular weight excluding hydrogens is 823 g/mol. The second kappa shape index (κ2) is 25.2. The Kier molecular flexibility index (Phi) is 20.2. The van der Waals surface area contributed by atoms with E-state index in [2.05, 4.69) is 43.6 Å². The van der Waals surface area contributed by atoms with Gasteiger partial charge in [-0.15, -0.1) is 0 Å². The van der Waals surface area contributed by atoms with E-state index in [4.69, 9.17) is 30.2 Å². The number of benzene rings is 2. The van der Waals surface area contributed by atoms with Crippen LogP contribution in [0.2, 0.25) is 0 Å². The predicted octanol–water partition coefficient (Wildman–Crippen LogP) is 6.06. The van der Waals surface area contributed by atoms with Crippen LogP contribution in [0.25, 0.3) is 11.1 Å². The molecule has 2 aromatic rings. The Labute approximate surface area is 388 Å². The lowest BCUT2D eigenvalue weighted by Crippen LogP contribution is -2.65. The minimum atomic E-state index is -0.941. The van der Waals surface area contributed by atoms with Crippen LogP contribution in [0.1, 0.15) is 135 Å². The molecule has 7 N–H and O–H groups in total. The van der Waals surface area contributed by atoms with Crippen LogP contribution in [0.15, 0.2) is 36.4 Å². The summed E-state index contributed by atoms with van der Waals surface area (Å²) in [6, 6.07) is 9.17. The molecule has 1 heterocycles. The standard InChI is InChI=1S/C50H79BN6O8/c1-7-8-9-10-11-12-13-14-15-16-17-18-47(60)57(6)41(33-58)36-20-22-43(63-26-24-53)39(29-36)38-27-35(19-21-42(38)62-25-23-52)28-40(56-46(59)32-54-5)48(61)55-34-51-64-45-31-37-30-44(49(37,2)3)50(45,4)65-51/h19-22,27,29,33,37,40-41,44-45,54H,7-18,23-26,28,30-32,34,52-53H2,1-6H3,(H,55,61)(H,56,59)/t37-,40?,41?,44?,45?,50-/m0/s1. The third-order valence-electron chi connectivity index (χ3n) is 14.2. The zero-order valence-corrected chi connectivity index (χ0v) is 40.2. The van der Waals surface area contributed by atoms with Crippen molar-refractivity contribution in [2.24, 2.45) is 28.7 Å². The molecule has 6 atom stereocenters. The van der Waals surface area contributed by atoms with Crippen LogP contribution in [-0.2, 0) is 34.9 Å². The third-order valence-corrected chi connectivity index (χ3v) is 14.2. The van der Waals surface area contributed by atoms with Crippen LogP contribution in [0.5, 0.6) is 11.5 Å². The minimum Gasteiger partial charge on any atom is -0.492 e. The molecule has 1 saturated heterocycles. The maximum atomic E-state index is 14.0. The number of rotatable bonds is 30. The minimum absolute atomic E-state index is 0.0233. The summed E-state index contributed by atoms with van der Waals surface area (Å²) in [5.74, 6) is 1.18. The fourth-order valence-electron chi connectivity index (χ4n) is 10.3. The number of hydrogen-bond acceptors (Lipinski definition) is 11. The quantitative estimate of drug-likeness (QED) is 0.0348. The Morgan fingerprint density at radius 3 is 2.11 bits per heavy atom. The van der Waals surface area contributed by atoms with Gasteiger partial charge in [0.05, 0.1) is 24.7 Å². The number of carbonyl (C=O) groups is 4. The number of likely N-dealkylation sites (N-methyl/N-ethyl adjacent to an activating group) is 2. The van der Waals surface area contributed by atoms with Gasteiger partial charge in [-0.05, 0) is 85.9 Å². The predicted molar refractivity (Wildman–Crippen MR) is 256 cm³/mol. The topological polar surface area (TPSA) is 197 Å². The van der Waals surface area contributed by atoms with E-state index >= 15 is 0 Å². The summed E-state index contributed by atoms with van der Waals surface area (Å²) in [6.07, 6.45) is 16.5. The molecule has 4 fully saturated rings. The Balaban J connectivity index is 1.31. The maximum Gasteiger partial charge on any atom is 0.478 e. The fraction of sp³-hybridized carbons (Fsp3) is 0.680. The Morgan fingerprint density at radius 2 is 1.51 bits per heavy atom. The smallest absolute Gasteiger partial charge is 0.478 e. The molecular formula is C50H79BN6O8. The number of unbranched alkanes of at least 4 members (excludes halogenated alkanes) is 10. The van der Waals surface area contributed by atoms with Crippen LogP contribution < -0.4 is 36.9 Å². The molecule has 2 aromatic carbocycles. The van der Waals surface area contributed by atoms with Gasteiger partial charge in [-0.3, -0.25) is 14.4 Å². The Morgan fingerprint density at radius 1 is 0.892 bits per heavy atom. The highest BCUT2D eigenvalue weighted by Gasteiger charge is 2.67. The summed E-state index contributed by atoms with van der Waals surface area (Å²) >= 11 is 0. The molecule has 4 aliphatic rings. The summed E-state index contributed by atoms with van der Waals surface area (Å²) in [6.45, 7) is 10.0. The van der Waals surface area contributed by atoms with E-state index in [0.29, 0.717) is 46.4 Å². The van der Waals surface area contributed by atoms with E-state index in [0.717, 1.165) is 44.0 Å². The van der Waals surface area contributed by atoms with Gasteiger partial charge in [-0.25, -0.2) is 0 Å². The first-order valence-corrected chi connectivity index (χ1v) is 24.5. The molecule has 2 bridgehead atoms. The van der Waals surface area contributed by atoms with Crippen molar-refractivity contribution in [3.05, 3.63) is 47.5 Å². The molecule has 0 spiro atoms. The molecule has 3 aliphatic carbocycles. The van der Waals surface area contributed by atoms with Gasteiger partial charge >= 0.3 is 7.12 Å². The second-order valence-electron chi connectivity index (χ2n) is 19.2. The zero-order valence-electron chi connectivity index (χ0n) is 40.2. The molecule has 0 radical (unpaired) electrons. The number of hydrogen-bond donors (Lipinski definition) is 5. The normalized spacial score (nSPS) is 21.4. The van der Waals surface area contributed by atoms with Crippen molar-refractivity contribution in [3.63, 3.8) is 0 Å². The summed E-state index contributed by atoms with van der Waals surface area (Å²) < 4.78 is 25.2. The average molecular weight is 903 g/mol. The third kappa shape index (κ3) is 13.6. The van der Waals surface area contributed by atoms with Crippen LogP contribution in [0, 0.1) is 17.3 Å². The van der Waals surface area contributed by atoms with Gasteiger partial charge in [-0.2, -0.15) is 0 Å². The van der Waals surface area contributed by atoms with Crippen molar-refractivity contribution in [3.8, 4) is 22.6 Å².